The van der Waals surface area contributed by atoms with Gasteiger partial charge >= 0.3 is 0 Å². The highest BCUT2D eigenvalue weighted by atomic mass is 16.2. The second-order valence-electron chi connectivity index (χ2n) is 6.88. The lowest BCUT2D eigenvalue weighted by Crippen LogP contribution is -2.48. The third kappa shape index (κ3) is 3.69. The number of carbonyl (C=O) groups excluding carboxylic acids is 2. The van der Waals surface area contributed by atoms with Gasteiger partial charge < -0.3 is 19.5 Å². The third-order valence-electron chi connectivity index (χ3n) is 5.26. The molecule has 0 aliphatic carbocycles. The van der Waals surface area contributed by atoms with Crippen molar-refractivity contribution in [1.29, 1.82) is 0 Å². The van der Waals surface area contributed by atoms with Gasteiger partial charge in [-0.2, -0.15) is 0 Å². The average molecular weight is 356 g/mol. The van der Waals surface area contributed by atoms with Crippen molar-refractivity contribution in [2.75, 3.05) is 31.1 Å². The maximum absolute atomic E-state index is 12.6. The Morgan fingerprint density at radius 1 is 1.04 bits per heavy atom. The summed E-state index contributed by atoms with van der Waals surface area (Å²) in [6, 6.07) is 8.22. The standard InChI is InChI=1S/C20H28N4O2/c1-4-17(5-2)21-20(26)16-6-7-18-8-9-19(24(18)14-16)23-12-10-22(11-13-23)15(3)25/h6-9,14,17H,4-5,10-13H2,1-3H3,(H,21,26). The van der Waals surface area contributed by atoms with E-state index in [1.54, 1.807) is 6.92 Å². The van der Waals surface area contributed by atoms with Gasteiger partial charge in [-0.3, -0.25) is 9.59 Å². The molecule has 0 spiro atoms. The number of anilines is 1. The number of hydrogen-bond acceptors (Lipinski definition) is 3. The van der Waals surface area contributed by atoms with Gasteiger partial charge in [0.2, 0.25) is 5.91 Å². The van der Waals surface area contributed by atoms with Gasteiger partial charge in [-0.15, -0.1) is 0 Å². The molecular weight excluding hydrogens is 328 g/mol. The van der Waals surface area contributed by atoms with Crippen molar-refractivity contribution in [2.24, 2.45) is 0 Å². The summed E-state index contributed by atoms with van der Waals surface area (Å²) in [5.74, 6) is 1.17. The van der Waals surface area contributed by atoms with Gasteiger partial charge in [-0.1, -0.05) is 13.8 Å². The predicted octanol–water partition coefficient (Wildman–Crippen LogP) is 2.53. The fourth-order valence-electron chi connectivity index (χ4n) is 3.49. The Morgan fingerprint density at radius 3 is 2.31 bits per heavy atom. The van der Waals surface area contributed by atoms with Gasteiger partial charge in [0.25, 0.3) is 5.91 Å². The molecule has 1 N–H and O–H groups in total. The number of nitrogens with one attached hydrogen (secondary N) is 1. The molecule has 1 saturated heterocycles. The number of hydrogen-bond donors (Lipinski definition) is 1. The summed E-state index contributed by atoms with van der Waals surface area (Å²) in [5.41, 5.74) is 1.73. The molecule has 1 aliphatic rings. The zero-order chi connectivity index (χ0) is 18.7. The molecule has 3 rings (SSSR count). The van der Waals surface area contributed by atoms with Crippen LogP contribution in [0.5, 0.6) is 0 Å². The highest BCUT2D eigenvalue weighted by Crippen LogP contribution is 2.22. The van der Waals surface area contributed by atoms with Gasteiger partial charge in [-0.25, -0.2) is 0 Å². The molecule has 2 amide bonds. The first kappa shape index (κ1) is 18.3. The number of piperazine rings is 1. The minimum atomic E-state index is -0.0263. The van der Waals surface area contributed by atoms with Crippen LogP contribution in [0, 0.1) is 0 Å². The summed E-state index contributed by atoms with van der Waals surface area (Å²) in [7, 11) is 0. The molecule has 1 fully saturated rings. The molecule has 6 heteroatoms. The monoisotopic (exact) mass is 356 g/mol. The highest BCUT2D eigenvalue weighted by Gasteiger charge is 2.21. The van der Waals surface area contributed by atoms with Crippen LogP contribution in [0.4, 0.5) is 5.82 Å². The summed E-state index contributed by atoms with van der Waals surface area (Å²) in [6.45, 7) is 8.86. The van der Waals surface area contributed by atoms with Crippen molar-refractivity contribution in [3.63, 3.8) is 0 Å². The van der Waals surface area contributed by atoms with Crippen LogP contribution >= 0.6 is 0 Å². The highest BCUT2D eigenvalue weighted by molar-refractivity contribution is 5.94. The van der Waals surface area contributed by atoms with Crippen molar-refractivity contribution in [3.8, 4) is 0 Å². The second kappa shape index (κ2) is 7.81. The average Bonchev–Trinajstić information content (AvgIpc) is 3.09. The lowest BCUT2D eigenvalue weighted by Gasteiger charge is -2.35. The first-order chi connectivity index (χ1) is 12.5. The molecule has 0 saturated carbocycles. The molecule has 6 nitrogen and oxygen atoms in total. The van der Waals surface area contributed by atoms with Crippen LogP contribution in [0.25, 0.3) is 5.52 Å². The van der Waals surface area contributed by atoms with E-state index in [4.69, 9.17) is 0 Å². The summed E-state index contributed by atoms with van der Waals surface area (Å²) in [4.78, 5) is 28.2. The van der Waals surface area contributed by atoms with Crippen LogP contribution in [0.15, 0.2) is 30.5 Å². The van der Waals surface area contributed by atoms with Crippen molar-refractivity contribution < 1.29 is 9.59 Å². The fourth-order valence-corrected chi connectivity index (χ4v) is 3.49. The predicted molar refractivity (Wildman–Crippen MR) is 104 cm³/mol. The Kier molecular flexibility index (Phi) is 5.49. The fraction of sp³-hybridized carbons (Fsp3) is 0.500. The molecular formula is C20H28N4O2. The molecule has 0 unspecified atom stereocenters. The van der Waals surface area contributed by atoms with Crippen LogP contribution in [0.3, 0.4) is 0 Å². The zero-order valence-corrected chi connectivity index (χ0v) is 15.9. The van der Waals surface area contributed by atoms with E-state index in [0.29, 0.717) is 5.56 Å². The molecule has 3 heterocycles. The number of fused-ring (bicyclic) bond motifs is 1. The first-order valence-electron chi connectivity index (χ1n) is 9.46. The second-order valence-corrected chi connectivity index (χ2v) is 6.88. The van der Waals surface area contributed by atoms with Crippen molar-refractivity contribution >= 4 is 23.1 Å². The minimum Gasteiger partial charge on any atom is -0.354 e. The molecule has 2 aromatic rings. The molecule has 26 heavy (non-hydrogen) atoms. The summed E-state index contributed by atoms with van der Waals surface area (Å²) in [6.07, 6.45) is 3.78. The first-order valence-corrected chi connectivity index (χ1v) is 9.46. The normalized spacial score (nSPS) is 14.9. The molecule has 140 valence electrons. The maximum atomic E-state index is 12.6. The Labute approximate surface area is 154 Å². The Hall–Kier alpha value is -2.50. The van der Waals surface area contributed by atoms with Crippen molar-refractivity contribution in [2.45, 2.75) is 39.7 Å². The molecule has 0 aromatic carbocycles. The van der Waals surface area contributed by atoms with Gasteiger partial charge in [0.1, 0.15) is 5.82 Å². The Bertz CT molecular complexity index is 786. The molecule has 2 aromatic heterocycles. The Balaban J connectivity index is 1.80. The lowest BCUT2D eigenvalue weighted by molar-refractivity contribution is -0.129. The van der Waals surface area contributed by atoms with E-state index in [9.17, 15) is 9.59 Å². The largest absolute Gasteiger partial charge is 0.354 e. The lowest BCUT2D eigenvalue weighted by atomic mass is 10.1. The topological polar surface area (TPSA) is 57.1 Å². The quantitative estimate of drug-likeness (QED) is 0.896. The van der Waals surface area contributed by atoms with Crippen LogP contribution in [0.2, 0.25) is 0 Å². The van der Waals surface area contributed by atoms with Crippen molar-refractivity contribution in [3.05, 3.63) is 36.0 Å². The van der Waals surface area contributed by atoms with Crippen LogP contribution in [0.1, 0.15) is 44.0 Å². The number of rotatable bonds is 5. The summed E-state index contributed by atoms with van der Waals surface area (Å²) >= 11 is 0. The van der Waals surface area contributed by atoms with Gasteiger partial charge in [0, 0.05) is 50.9 Å². The number of nitrogens with zero attached hydrogens (tertiary/aromatic N) is 3. The number of aromatic nitrogens is 1. The van der Waals surface area contributed by atoms with Crippen LogP contribution in [-0.2, 0) is 4.79 Å². The number of amides is 2. The smallest absolute Gasteiger partial charge is 0.252 e. The molecule has 1 aliphatic heterocycles. The summed E-state index contributed by atoms with van der Waals surface area (Å²) in [5, 5.41) is 3.10. The number of carbonyl (C=O) groups is 2. The molecule has 0 atom stereocenters. The van der Waals surface area contributed by atoms with Crippen LogP contribution < -0.4 is 10.2 Å². The zero-order valence-electron chi connectivity index (χ0n) is 15.9. The molecule has 0 radical (unpaired) electrons. The van der Waals surface area contributed by atoms with Gasteiger partial charge in [0.15, 0.2) is 0 Å². The van der Waals surface area contributed by atoms with E-state index in [0.717, 1.165) is 50.4 Å². The van der Waals surface area contributed by atoms with Gasteiger partial charge in [0.05, 0.1) is 5.56 Å². The summed E-state index contributed by atoms with van der Waals surface area (Å²) < 4.78 is 2.07. The van der Waals surface area contributed by atoms with E-state index < -0.39 is 0 Å². The van der Waals surface area contributed by atoms with Gasteiger partial charge in [-0.05, 0) is 37.1 Å². The van der Waals surface area contributed by atoms with E-state index in [-0.39, 0.29) is 17.9 Å². The van der Waals surface area contributed by atoms with E-state index in [1.165, 1.54) is 0 Å². The number of pyridine rings is 1. The van der Waals surface area contributed by atoms with Crippen molar-refractivity contribution in [1.82, 2.24) is 14.6 Å². The Morgan fingerprint density at radius 2 is 1.69 bits per heavy atom. The van der Waals surface area contributed by atoms with E-state index in [2.05, 4.69) is 40.6 Å². The van der Waals surface area contributed by atoms with Crippen LogP contribution in [-0.4, -0.2) is 53.3 Å². The SMILES string of the molecule is CCC(CC)NC(=O)c1ccc2ccc(N3CCN(C(C)=O)CC3)n2c1. The van der Waals surface area contributed by atoms with E-state index >= 15 is 0 Å². The van der Waals surface area contributed by atoms with E-state index in [1.807, 2.05) is 23.2 Å². The molecule has 0 bridgehead atoms. The minimum absolute atomic E-state index is 0.0263. The third-order valence-corrected chi connectivity index (χ3v) is 5.26. The maximum Gasteiger partial charge on any atom is 0.252 e.